The van der Waals surface area contributed by atoms with Gasteiger partial charge in [-0.1, -0.05) is 0 Å². The van der Waals surface area contributed by atoms with Crippen LogP contribution in [0, 0.1) is 0 Å². The maximum atomic E-state index is 11.8. The van der Waals surface area contributed by atoms with Gasteiger partial charge in [0.1, 0.15) is 11.1 Å². The van der Waals surface area contributed by atoms with E-state index in [0.717, 1.165) is 4.90 Å². The van der Waals surface area contributed by atoms with Crippen LogP contribution in [-0.4, -0.2) is 48.8 Å². The standard InChI is InChI=1S/C9H10ClNO5S/c1-4-3-17(14,15)8-5(10)7(12)11(8)6(4)9(13)16-2/h5,8H,3H2,1-2H3/t5-,8+/m0/s1. The van der Waals surface area contributed by atoms with Crippen LogP contribution in [0.2, 0.25) is 0 Å². The molecule has 1 saturated heterocycles. The van der Waals surface area contributed by atoms with Gasteiger partial charge in [0.05, 0.1) is 12.9 Å². The first-order chi connectivity index (χ1) is 7.81. The Bertz CT molecular complexity index is 538. The Morgan fingerprint density at radius 1 is 1.53 bits per heavy atom. The van der Waals surface area contributed by atoms with Crippen molar-refractivity contribution >= 4 is 33.3 Å². The van der Waals surface area contributed by atoms with E-state index in [-0.39, 0.29) is 11.4 Å². The van der Waals surface area contributed by atoms with E-state index in [1.165, 1.54) is 14.0 Å². The minimum atomic E-state index is -3.52. The summed E-state index contributed by atoms with van der Waals surface area (Å²) in [4.78, 5) is 24.0. The molecular weight excluding hydrogens is 270 g/mol. The molecule has 1 fully saturated rings. The van der Waals surface area contributed by atoms with Gasteiger partial charge in [-0.05, 0) is 12.5 Å². The number of esters is 1. The lowest BCUT2D eigenvalue weighted by atomic mass is 10.1. The number of carbonyl (C=O) groups is 2. The third kappa shape index (κ3) is 1.56. The Morgan fingerprint density at radius 3 is 2.65 bits per heavy atom. The van der Waals surface area contributed by atoms with Crippen LogP contribution in [0.3, 0.4) is 0 Å². The normalized spacial score (nSPS) is 30.8. The van der Waals surface area contributed by atoms with E-state index in [1.54, 1.807) is 0 Å². The van der Waals surface area contributed by atoms with E-state index < -0.39 is 32.5 Å². The van der Waals surface area contributed by atoms with Gasteiger partial charge in [0.15, 0.2) is 15.2 Å². The van der Waals surface area contributed by atoms with Crippen molar-refractivity contribution in [2.45, 2.75) is 17.7 Å². The monoisotopic (exact) mass is 279 g/mol. The number of ether oxygens (including phenoxy) is 1. The molecule has 8 heteroatoms. The van der Waals surface area contributed by atoms with Gasteiger partial charge < -0.3 is 4.74 Å². The third-order valence-electron chi connectivity index (χ3n) is 2.79. The highest BCUT2D eigenvalue weighted by Gasteiger charge is 2.58. The number of β-lactam (4-membered cyclic amide) rings is 1. The molecule has 0 saturated carbocycles. The van der Waals surface area contributed by atoms with Crippen molar-refractivity contribution in [3.63, 3.8) is 0 Å². The lowest BCUT2D eigenvalue weighted by molar-refractivity contribution is -0.147. The Hall–Kier alpha value is -1.08. The van der Waals surface area contributed by atoms with Crippen molar-refractivity contribution in [1.82, 2.24) is 4.90 Å². The summed E-state index contributed by atoms with van der Waals surface area (Å²) in [7, 11) is -2.35. The highest BCUT2D eigenvalue weighted by atomic mass is 35.5. The number of fused-ring (bicyclic) bond motifs is 1. The largest absolute Gasteiger partial charge is 0.464 e. The summed E-state index contributed by atoms with van der Waals surface area (Å²) in [5.41, 5.74) is 0.291. The molecule has 2 aliphatic rings. The number of nitrogens with zero attached hydrogens (tertiary/aromatic N) is 1. The number of carbonyl (C=O) groups excluding carboxylic acids is 2. The fourth-order valence-electron chi connectivity index (χ4n) is 2.04. The summed E-state index contributed by atoms with van der Waals surface area (Å²) in [6.45, 7) is 1.48. The predicted octanol–water partition coefficient (Wildman–Crippen LogP) is -0.363. The van der Waals surface area contributed by atoms with E-state index in [1.807, 2.05) is 0 Å². The molecule has 0 spiro atoms. The van der Waals surface area contributed by atoms with Crippen LogP contribution in [0.4, 0.5) is 0 Å². The van der Waals surface area contributed by atoms with Crippen LogP contribution in [0.25, 0.3) is 0 Å². The van der Waals surface area contributed by atoms with Crippen LogP contribution in [0.1, 0.15) is 6.92 Å². The molecule has 0 N–H and O–H groups in total. The molecule has 2 heterocycles. The molecule has 0 aromatic heterocycles. The fraction of sp³-hybridized carbons (Fsp3) is 0.556. The molecule has 94 valence electrons. The Kier molecular flexibility index (Phi) is 2.70. The number of hydrogen-bond donors (Lipinski definition) is 0. The first-order valence-electron chi connectivity index (χ1n) is 4.78. The number of hydrogen-bond acceptors (Lipinski definition) is 5. The van der Waals surface area contributed by atoms with Crippen molar-refractivity contribution in [3.05, 3.63) is 11.3 Å². The molecule has 1 amide bonds. The minimum absolute atomic E-state index is 0.00535. The topological polar surface area (TPSA) is 80.8 Å². The first kappa shape index (κ1) is 12.4. The van der Waals surface area contributed by atoms with Gasteiger partial charge in [-0.15, -0.1) is 11.6 Å². The fourth-order valence-corrected chi connectivity index (χ4v) is 4.65. The molecule has 6 nitrogen and oxygen atoms in total. The second-order valence-corrected chi connectivity index (χ2v) is 6.50. The molecule has 0 radical (unpaired) electrons. The summed E-state index contributed by atoms with van der Waals surface area (Å²) in [6, 6.07) is 0. The summed E-state index contributed by atoms with van der Waals surface area (Å²) in [5, 5.41) is -2.26. The lowest BCUT2D eigenvalue weighted by Crippen LogP contribution is -2.68. The number of alkyl halides is 1. The number of halogens is 1. The SMILES string of the molecule is COC(=O)C1=C(C)CS(=O)(=O)[C@@H]2[C@@H](Cl)C(=O)N12. The zero-order chi connectivity index (χ0) is 13.0. The summed E-state index contributed by atoms with van der Waals surface area (Å²) >= 11 is 5.67. The zero-order valence-corrected chi connectivity index (χ0v) is 10.7. The minimum Gasteiger partial charge on any atom is -0.464 e. The summed E-state index contributed by atoms with van der Waals surface area (Å²) in [5.74, 6) is -1.59. The van der Waals surface area contributed by atoms with Crippen LogP contribution < -0.4 is 0 Å². The van der Waals surface area contributed by atoms with Crippen molar-refractivity contribution in [2.75, 3.05) is 12.9 Å². The quantitative estimate of drug-likeness (QED) is 0.372. The molecule has 2 rings (SSSR count). The highest BCUT2D eigenvalue weighted by molar-refractivity contribution is 7.92. The number of sulfone groups is 1. The number of amides is 1. The van der Waals surface area contributed by atoms with Crippen LogP contribution >= 0.6 is 11.6 Å². The molecule has 0 aromatic rings. The molecular formula is C9H10ClNO5S. The molecule has 0 bridgehead atoms. The molecule has 2 atom stereocenters. The number of methoxy groups -OCH3 is 1. The Morgan fingerprint density at radius 2 is 2.12 bits per heavy atom. The van der Waals surface area contributed by atoms with E-state index in [9.17, 15) is 18.0 Å². The van der Waals surface area contributed by atoms with Crippen LogP contribution in [-0.2, 0) is 24.2 Å². The van der Waals surface area contributed by atoms with Gasteiger partial charge in [0.2, 0.25) is 5.91 Å². The average Bonchev–Trinajstić information content (AvgIpc) is 2.25. The third-order valence-corrected chi connectivity index (χ3v) is 5.42. The van der Waals surface area contributed by atoms with Gasteiger partial charge in [-0.3, -0.25) is 9.69 Å². The molecule has 0 aromatic carbocycles. The van der Waals surface area contributed by atoms with Gasteiger partial charge in [0.25, 0.3) is 0 Å². The van der Waals surface area contributed by atoms with E-state index in [2.05, 4.69) is 4.74 Å². The van der Waals surface area contributed by atoms with Gasteiger partial charge >= 0.3 is 5.97 Å². The zero-order valence-electron chi connectivity index (χ0n) is 9.14. The second kappa shape index (κ2) is 3.71. The molecule has 0 unspecified atom stereocenters. The van der Waals surface area contributed by atoms with Gasteiger partial charge in [-0.25, -0.2) is 13.2 Å². The Labute approximate surface area is 103 Å². The molecule has 0 aliphatic carbocycles. The first-order valence-corrected chi connectivity index (χ1v) is 6.93. The molecule has 17 heavy (non-hydrogen) atoms. The summed E-state index contributed by atoms with van der Waals surface area (Å²) < 4.78 is 28.1. The van der Waals surface area contributed by atoms with Crippen molar-refractivity contribution in [3.8, 4) is 0 Å². The average molecular weight is 280 g/mol. The van der Waals surface area contributed by atoms with E-state index >= 15 is 0 Å². The lowest BCUT2D eigenvalue weighted by Gasteiger charge is -2.46. The van der Waals surface area contributed by atoms with Crippen LogP contribution in [0.15, 0.2) is 11.3 Å². The van der Waals surface area contributed by atoms with Crippen LogP contribution in [0.5, 0.6) is 0 Å². The van der Waals surface area contributed by atoms with E-state index in [4.69, 9.17) is 11.6 Å². The molecule has 2 aliphatic heterocycles. The summed E-state index contributed by atoms with van der Waals surface area (Å²) in [6.07, 6.45) is 0. The van der Waals surface area contributed by atoms with Crippen molar-refractivity contribution < 1.29 is 22.7 Å². The van der Waals surface area contributed by atoms with Gasteiger partial charge in [-0.2, -0.15) is 0 Å². The van der Waals surface area contributed by atoms with Gasteiger partial charge in [0, 0.05) is 0 Å². The Balaban J connectivity index is 2.54. The second-order valence-electron chi connectivity index (χ2n) is 3.93. The predicted molar refractivity (Wildman–Crippen MR) is 58.8 cm³/mol. The van der Waals surface area contributed by atoms with Crippen molar-refractivity contribution in [2.24, 2.45) is 0 Å². The smallest absolute Gasteiger partial charge is 0.354 e. The number of rotatable bonds is 1. The van der Waals surface area contributed by atoms with E-state index in [0.29, 0.717) is 5.57 Å². The van der Waals surface area contributed by atoms with Crippen molar-refractivity contribution in [1.29, 1.82) is 0 Å². The maximum absolute atomic E-state index is 11.8. The highest BCUT2D eigenvalue weighted by Crippen LogP contribution is 2.39. The maximum Gasteiger partial charge on any atom is 0.354 e.